The largest absolute Gasteiger partial charge is 0.325 e. The van der Waals surface area contributed by atoms with Gasteiger partial charge in [-0.3, -0.25) is 4.79 Å². The van der Waals surface area contributed by atoms with Crippen molar-refractivity contribution in [3.8, 4) is 0 Å². The molecule has 1 atom stereocenters. The predicted molar refractivity (Wildman–Crippen MR) is 102 cm³/mol. The Morgan fingerprint density at radius 2 is 1.89 bits per heavy atom. The molecular formula is C18H25N5O3S. The fourth-order valence-corrected chi connectivity index (χ4v) is 3.86. The molecule has 0 spiro atoms. The van der Waals surface area contributed by atoms with Gasteiger partial charge in [-0.1, -0.05) is 32.9 Å². The minimum absolute atomic E-state index is 0.00468. The van der Waals surface area contributed by atoms with Gasteiger partial charge in [-0.2, -0.15) is 0 Å². The van der Waals surface area contributed by atoms with E-state index in [1.807, 2.05) is 12.1 Å². The third-order valence-corrected chi connectivity index (χ3v) is 6.66. The summed E-state index contributed by atoms with van der Waals surface area (Å²) in [5.41, 5.74) is 1.70. The molecule has 9 heteroatoms. The lowest BCUT2D eigenvalue weighted by Gasteiger charge is -2.19. The molecule has 0 aliphatic heterocycles. The van der Waals surface area contributed by atoms with Gasteiger partial charge < -0.3 is 5.32 Å². The Balaban J connectivity index is 1.67. The van der Waals surface area contributed by atoms with Crippen LogP contribution in [-0.4, -0.2) is 39.8 Å². The summed E-state index contributed by atoms with van der Waals surface area (Å²) in [6.07, 6.45) is 1.89. The zero-order valence-corrected chi connectivity index (χ0v) is 16.8. The standard InChI is InChI=1S/C18H25N5O3S/c1-12(17(24)19-14-7-5-13(6-8-14)18(2,3)4)27(25,26)11-16-20-21-22-23(16)15-9-10-15/h5-8,12,15H,9-11H2,1-4H3,(H,19,24). The van der Waals surface area contributed by atoms with Crippen LogP contribution >= 0.6 is 0 Å². The number of hydrogen-bond donors (Lipinski definition) is 1. The topological polar surface area (TPSA) is 107 Å². The summed E-state index contributed by atoms with van der Waals surface area (Å²) in [7, 11) is -3.74. The Bertz CT molecular complexity index is 925. The quantitative estimate of drug-likeness (QED) is 0.809. The van der Waals surface area contributed by atoms with Crippen LogP contribution in [-0.2, 0) is 25.8 Å². The number of sulfone groups is 1. The molecule has 8 nitrogen and oxygen atoms in total. The molecule has 27 heavy (non-hydrogen) atoms. The molecule has 1 N–H and O–H groups in total. The maximum absolute atomic E-state index is 12.6. The van der Waals surface area contributed by atoms with E-state index in [1.54, 1.807) is 16.8 Å². The number of carbonyl (C=O) groups excluding carboxylic acids is 1. The van der Waals surface area contributed by atoms with Crippen LogP contribution in [0.4, 0.5) is 5.69 Å². The average Bonchev–Trinajstić information content (AvgIpc) is 3.33. The van der Waals surface area contributed by atoms with Crippen molar-refractivity contribution in [2.24, 2.45) is 0 Å². The number of aromatic nitrogens is 4. The van der Waals surface area contributed by atoms with Crippen molar-refractivity contribution in [1.82, 2.24) is 20.2 Å². The van der Waals surface area contributed by atoms with Crippen LogP contribution in [0.1, 0.15) is 58.0 Å². The lowest BCUT2D eigenvalue weighted by molar-refractivity contribution is -0.115. The van der Waals surface area contributed by atoms with Crippen molar-refractivity contribution in [1.29, 1.82) is 0 Å². The highest BCUT2D eigenvalue weighted by Crippen LogP contribution is 2.34. The van der Waals surface area contributed by atoms with Gasteiger partial charge in [0.1, 0.15) is 11.0 Å². The number of carbonyl (C=O) groups is 1. The molecule has 0 radical (unpaired) electrons. The summed E-state index contributed by atoms with van der Waals surface area (Å²) in [4.78, 5) is 12.5. The van der Waals surface area contributed by atoms with Crippen molar-refractivity contribution in [3.63, 3.8) is 0 Å². The smallest absolute Gasteiger partial charge is 0.242 e. The van der Waals surface area contributed by atoms with E-state index in [4.69, 9.17) is 0 Å². The first-order chi connectivity index (χ1) is 12.6. The molecule has 1 fully saturated rings. The molecule has 1 aliphatic rings. The second kappa shape index (κ2) is 7.03. The van der Waals surface area contributed by atoms with Gasteiger partial charge >= 0.3 is 0 Å². The van der Waals surface area contributed by atoms with Crippen LogP contribution in [0, 0.1) is 0 Å². The summed E-state index contributed by atoms with van der Waals surface area (Å²) in [6.45, 7) is 7.69. The summed E-state index contributed by atoms with van der Waals surface area (Å²) in [6, 6.07) is 7.60. The highest BCUT2D eigenvalue weighted by Gasteiger charge is 2.33. The summed E-state index contributed by atoms with van der Waals surface area (Å²) in [5.74, 6) is -0.635. The van der Waals surface area contributed by atoms with Gasteiger partial charge in [-0.15, -0.1) is 5.10 Å². The molecule has 1 aliphatic carbocycles. The van der Waals surface area contributed by atoms with Crippen LogP contribution in [0.3, 0.4) is 0 Å². The van der Waals surface area contributed by atoms with E-state index in [1.165, 1.54) is 6.92 Å². The summed E-state index contributed by atoms with van der Waals surface area (Å²) in [5, 5.41) is 12.7. The van der Waals surface area contributed by atoms with Crippen LogP contribution in [0.2, 0.25) is 0 Å². The fourth-order valence-electron chi connectivity index (χ4n) is 2.68. The summed E-state index contributed by atoms with van der Waals surface area (Å²) < 4.78 is 26.8. The Labute approximate surface area is 159 Å². The second-order valence-electron chi connectivity index (χ2n) is 8.04. The Hall–Kier alpha value is -2.29. The van der Waals surface area contributed by atoms with E-state index in [0.29, 0.717) is 5.69 Å². The van der Waals surface area contributed by atoms with Crippen LogP contribution < -0.4 is 5.32 Å². The maximum atomic E-state index is 12.6. The molecule has 0 saturated heterocycles. The van der Waals surface area contributed by atoms with Crippen molar-refractivity contribution in [2.75, 3.05) is 5.32 Å². The van der Waals surface area contributed by atoms with E-state index in [-0.39, 0.29) is 23.0 Å². The predicted octanol–water partition coefficient (Wildman–Crippen LogP) is 2.25. The minimum Gasteiger partial charge on any atom is -0.325 e. The van der Waals surface area contributed by atoms with Crippen molar-refractivity contribution >= 4 is 21.4 Å². The van der Waals surface area contributed by atoms with Crippen LogP contribution in [0.25, 0.3) is 0 Å². The second-order valence-corrected chi connectivity index (χ2v) is 10.4. The molecule has 1 unspecified atom stereocenters. The molecule has 146 valence electrons. The molecule has 0 bridgehead atoms. The maximum Gasteiger partial charge on any atom is 0.242 e. The SMILES string of the molecule is CC(C(=O)Nc1ccc(C(C)(C)C)cc1)S(=O)(=O)Cc1nnnn1C1CC1. The van der Waals surface area contributed by atoms with Gasteiger partial charge in [0.15, 0.2) is 15.7 Å². The summed E-state index contributed by atoms with van der Waals surface area (Å²) >= 11 is 0. The highest BCUT2D eigenvalue weighted by atomic mass is 32.2. The highest BCUT2D eigenvalue weighted by molar-refractivity contribution is 7.92. The third kappa shape index (κ3) is 4.52. The lowest BCUT2D eigenvalue weighted by atomic mass is 9.87. The van der Waals surface area contributed by atoms with E-state index >= 15 is 0 Å². The molecule has 3 rings (SSSR count). The number of hydrogen-bond acceptors (Lipinski definition) is 6. The van der Waals surface area contributed by atoms with Crippen molar-refractivity contribution in [3.05, 3.63) is 35.7 Å². The first-order valence-electron chi connectivity index (χ1n) is 8.97. The number of rotatable bonds is 6. The third-order valence-electron chi connectivity index (χ3n) is 4.71. The number of amides is 1. The molecule has 2 aromatic rings. The zero-order valence-electron chi connectivity index (χ0n) is 16.0. The van der Waals surface area contributed by atoms with Gasteiger partial charge in [-0.05, 0) is 53.3 Å². The first-order valence-corrected chi connectivity index (χ1v) is 10.7. The van der Waals surface area contributed by atoms with Gasteiger partial charge in [0.2, 0.25) is 5.91 Å². The zero-order chi connectivity index (χ0) is 19.8. The van der Waals surface area contributed by atoms with Gasteiger partial charge in [0.05, 0.1) is 6.04 Å². The van der Waals surface area contributed by atoms with Crippen LogP contribution in [0.5, 0.6) is 0 Å². The molecule has 1 amide bonds. The molecule has 1 heterocycles. The normalized spacial score (nSPS) is 16.1. The number of benzene rings is 1. The van der Waals surface area contributed by atoms with Gasteiger partial charge in [0.25, 0.3) is 0 Å². The first kappa shape index (κ1) is 19.5. The van der Waals surface area contributed by atoms with Gasteiger partial charge in [0, 0.05) is 5.69 Å². The van der Waals surface area contributed by atoms with Crippen molar-refractivity contribution < 1.29 is 13.2 Å². The lowest BCUT2D eigenvalue weighted by Crippen LogP contribution is -2.34. The average molecular weight is 391 g/mol. The van der Waals surface area contributed by atoms with Gasteiger partial charge in [-0.25, -0.2) is 13.1 Å². The Morgan fingerprint density at radius 3 is 2.44 bits per heavy atom. The number of nitrogens with zero attached hydrogens (tertiary/aromatic N) is 4. The fraction of sp³-hybridized carbons (Fsp3) is 0.556. The van der Waals surface area contributed by atoms with E-state index < -0.39 is 21.0 Å². The Morgan fingerprint density at radius 1 is 1.26 bits per heavy atom. The minimum atomic E-state index is -3.74. The molecule has 1 aromatic heterocycles. The molecular weight excluding hydrogens is 366 g/mol. The number of anilines is 1. The van der Waals surface area contributed by atoms with Crippen molar-refractivity contribution in [2.45, 2.75) is 63.0 Å². The number of nitrogens with one attached hydrogen (secondary N) is 1. The van der Waals surface area contributed by atoms with E-state index in [0.717, 1.165) is 18.4 Å². The van der Waals surface area contributed by atoms with Crippen LogP contribution in [0.15, 0.2) is 24.3 Å². The molecule has 1 aromatic carbocycles. The van der Waals surface area contributed by atoms with E-state index in [9.17, 15) is 13.2 Å². The number of tetrazole rings is 1. The molecule has 1 saturated carbocycles. The monoisotopic (exact) mass is 391 g/mol. The van der Waals surface area contributed by atoms with E-state index in [2.05, 4.69) is 41.6 Å². The Kier molecular flexibility index (Phi) is 5.07.